The van der Waals surface area contributed by atoms with E-state index in [1.807, 2.05) is 31.4 Å². The Kier molecular flexibility index (Phi) is 7.27. The first-order chi connectivity index (χ1) is 17.0. The second kappa shape index (κ2) is 10.7. The van der Waals surface area contributed by atoms with Gasteiger partial charge in [0.05, 0.1) is 30.8 Å². The van der Waals surface area contributed by atoms with Crippen molar-refractivity contribution in [1.29, 1.82) is 0 Å². The van der Waals surface area contributed by atoms with Crippen LogP contribution in [-0.2, 0) is 16.6 Å². The minimum absolute atomic E-state index is 0.309. The van der Waals surface area contributed by atoms with Gasteiger partial charge in [0.1, 0.15) is 30.3 Å². The minimum Gasteiger partial charge on any atom is -0.494 e. The number of carbonyl (C=O) groups is 1. The number of nitrogens with one attached hydrogen (secondary N) is 2. The number of hydrogen-bond donors (Lipinski definition) is 2. The highest BCUT2D eigenvalue weighted by molar-refractivity contribution is 6.00. The van der Waals surface area contributed by atoms with Gasteiger partial charge in [-0.15, -0.1) is 0 Å². The molecule has 0 bridgehead atoms. The molecule has 180 valence electrons. The predicted octanol–water partition coefficient (Wildman–Crippen LogP) is 4.54. The smallest absolute Gasteiger partial charge is 0.247 e. The van der Waals surface area contributed by atoms with Gasteiger partial charge in [-0.05, 0) is 18.2 Å². The number of aryl methyl sites for hydroxylation is 1. The molecule has 2 aromatic carbocycles. The summed E-state index contributed by atoms with van der Waals surface area (Å²) in [6, 6.07) is 13.4. The quantitative estimate of drug-likeness (QED) is 0.258. The second-order valence-corrected chi connectivity index (χ2v) is 7.67. The second-order valence-electron chi connectivity index (χ2n) is 7.67. The zero-order valence-corrected chi connectivity index (χ0v) is 19.9. The lowest BCUT2D eigenvalue weighted by molar-refractivity contribution is -0.111. The first-order valence-electron chi connectivity index (χ1n) is 10.9. The SMILES string of the molecule is C=CC(=O)Nc1cc(Nc2cc(-c3cn(C)c4ccccc34)ncn2)c(OC)cc1OCCOC. The molecule has 0 radical (unpaired) electrons. The van der Waals surface area contributed by atoms with E-state index in [4.69, 9.17) is 14.2 Å². The van der Waals surface area contributed by atoms with Crippen LogP contribution in [0.1, 0.15) is 0 Å². The van der Waals surface area contributed by atoms with E-state index in [-0.39, 0.29) is 5.91 Å². The molecule has 0 aliphatic rings. The van der Waals surface area contributed by atoms with Gasteiger partial charge in [0.2, 0.25) is 5.91 Å². The molecule has 4 aromatic rings. The molecule has 4 rings (SSSR count). The number of methoxy groups -OCH3 is 2. The Morgan fingerprint density at radius 2 is 1.91 bits per heavy atom. The molecule has 0 aliphatic carbocycles. The molecule has 2 N–H and O–H groups in total. The lowest BCUT2D eigenvalue weighted by Gasteiger charge is -2.17. The third kappa shape index (κ3) is 5.25. The fourth-order valence-corrected chi connectivity index (χ4v) is 3.72. The minimum atomic E-state index is -0.363. The zero-order chi connectivity index (χ0) is 24.8. The predicted molar refractivity (Wildman–Crippen MR) is 136 cm³/mol. The molecule has 35 heavy (non-hydrogen) atoms. The summed E-state index contributed by atoms with van der Waals surface area (Å²) in [4.78, 5) is 20.9. The summed E-state index contributed by atoms with van der Waals surface area (Å²) >= 11 is 0. The number of hydrogen-bond acceptors (Lipinski definition) is 7. The number of carbonyl (C=O) groups excluding carboxylic acids is 1. The summed E-state index contributed by atoms with van der Waals surface area (Å²) in [5.41, 5.74) is 3.94. The van der Waals surface area contributed by atoms with Crippen molar-refractivity contribution in [2.24, 2.45) is 7.05 Å². The number of aromatic nitrogens is 3. The summed E-state index contributed by atoms with van der Waals surface area (Å²) in [5.74, 6) is 1.16. The maximum absolute atomic E-state index is 12.0. The number of para-hydroxylation sites is 1. The molecule has 2 aromatic heterocycles. The van der Waals surface area contributed by atoms with Gasteiger partial charge in [-0.2, -0.15) is 0 Å². The highest BCUT2D eigenvalue weighted by Gasteiger charge is 2.15. The first kappa shape index (κ1) is 23.8. The van der Waals surface area contributed by atoms with Gasteiger partial charge < -0.3 is 29.4 Å². The van der Waals surface area contributed by atoms with Crippen LogP contribution in [0.2, 0.25) is 0 Å². The number of amides is 1. The van der Waals surface area contributed by atoms with Crippen molar-refractivity contribution in [3.8, 4) is 22.8 Å². The molecular formula is C26H27N5O4. The lowest BCUT2D eigenvalue weighted by Crippen LogP contribution is -2.12. The van der Waals surface area contributed by atoms with Crippen molar-refractivity contribution in [3.63, 3.8) is 0 Å². The Labute approximate surface area is 203 Å². The summed E-state index contributed by atoms with van der Waals surface area (Å²) in [6.45, 7) is 4.22. The molecule has 0 atom stereocenters. The number of nitrogens with zero attached hydrogens (tertiary/aromatic N) is 3. The molecular weight excluding hydrogens is 446 g/mol. The lowest BCUT2D eigenvalue weighted by atomic mass is 10.1. The van der Waals surface area contributed by atoms with E-state index in [9.17, 15) is 4.79 Å². The van der Waals surface area contributed by atoms with Gasteiger partial charge in [0.25, 0.3) is 0 Å². The Balaban J connectivity index is 1.69. The summed E-state index contributed by atoms with van der Waals surface area (Å²) in [5, 5.41) is 7.15. The molecule has 0 spiro atoms. The van der Waals surface area contributed by atoms with Crippen LogP contribution in [-0.4, -0.2) is 47.9 Å². The van der Waals surface area contributed by atoms with E-state index in [2.05, 4.69) is 43.9 Å². The first-order valence-corrected chi connectivity index (χ1v) is 10.9. The van der Waals surface area contributed by atoms with Crippen molar-refractivity contribution >= 4 is 34.0 Å². The Morgan fingerprint density at radius 1 is 1.09 bits per heavy atom. The maximum atomic E-state index is 12.0. The molecule has 1 amide bonds. The number of rotatable bonds is 10. The number of fused-ring (bicyclic) bond motifs is 1. The average Bonchev–Trinajstić information content (AvgIpc) is 3.22. The van der Waals surface area contributed by atoms with Crippen LogP contribution in [0.5, 0.6) is 11.5 Å². The van der Waals surface area contributed by atoms with E-state index in [0.29, 0.717) is 41.9 Å². The van der Waals surface area contributed by atoms with Crippen LogP contribution in [0.15, 0.2) is 67.6 Å². The average molecular weight is 474 g/mol. The highest BCUT2D eigenvalue weighted by Crippen LogP contribution is 2.38. The van der Waals surface area contributed by atoms with E-state index < -0.39 is 0 Å². The topological polar surface area (TPSA) is 99.5 Å². The Hall–Kier alpha value is -4.37. The van der Waals surface area contributed by atoms with Gasteiger partial charge >= 0.3 is 0 Å². The Morgan fingerprint density at radius 3 is 2.69 bits per heavy atom. The molecule has 0 saturated carbocycles. The van der Waals surface area contributed by atoms with Crippen molar-refractivity contribution < 1.29 is 19.0 Å². The number of benzene rings is 2. The van der Waals surface area contributed by atoms with E-state index in [1.165, 1.54) is 12.4 Å². The van der Waals surface area contributed by atoms with Crippen LogP contribution >= 0.6 is 0 Å². The van der Waals surface area contributed by atoms with Gasteiger partial charge in [-0.1, -0.05) is 24.8 Å². The third-order valence-corrected chi connectivity index (χ3v) is 5.39. The van der Waals surface area contributed by atoms with Crippen LogP contribution < -0.4 is 20.1 Å². The van der Waals surface area contributed by atoms with E-state index >= 15 is 0 Å². The van der Waals surface area contributed by atoms with Gasteiger partial charge in [0, 0.05) is 49.0 Å². The fraction of sp³-hybridized carbons (Fsp3) is 0.192. The third-order valence-electron chi connectivity index (χ3n) is 5.39. The fourth-order valence-electron chi connectivity index (χ4n) is 3.72. The van der Waals surface area contributed by atoms with E-state index in [0.717, 1.165) is 22.2 Å². The summed E-state index contributed by atoms with van der Waals surface area (Å²) < 4.78 is 18.5. The van der Waals surface area contributed by atoms with Gasteiger partial charge in [0.15, 0.2) is 0 Å². The molecule has 9 nitrogen and oxygen atoms in total. The van der Waals surface area contributed by atoms with Crippen molar-refractivity contribution in [1.82, 2.24) is 14.5 Å². The van der Waals surface area contributed by atoms with Crippen molar-refractivity contribution in [2.45, 2.75) is 0 Å². The largest absolute Gasteiger partial charge is 0.494 e. The highest BCUT2D eigenvalue weighted by atomic mass is 16.5. The number of anilines is 3. The summed E-state index contributed by atoms with van der Waals surface area (Å²) in [7, 11) is 5.15. The standard InChI is InChI=1S/C26H27N5O4/c1-5-26(32)30-21-12-20(23(34-4)14-24(21)35-11-10-33-3)29-25-13-19(27-16-28-25)18-15-31(2)22-9-7-6-8-17(18)22/h5-9,12-16H,1,10-11H2,2-4H3,(H,30,32)(H,27,28,29). The van der Waals surface area contributed by atoms with Crippen molar-refractivity contribution in [2.75, 3.05) is 38.1 Å². The molecule has 0 saturated heterocycles. The zero-order valence-electron chi connectivity index (χ0n) is 19.9. The molecule has 0 unspecified atom stereocenters. The van der Waals surface area contributed by atoms with Crippen LogP contribution in [0, 0.1) is 0 Å². The van der Waals surface area contributed by atoms with Crippen LogP contribution in [0.4, 0.5) is 17.2 Å². The molecule has 9 heteroatoms. The maximum Gasteiger partial charge on any atom is 0.247 e. The van der Waals surface area contributed by atoms with Gasteiger partial charge in [-0.25, -0.2) is 9.97 Å². The Bertz CT molecular complexity index is 1370. The molecule has 0 aliphatic heterocycles. The molecule has 0 fully saturated rings. The molecule has 2 heterocycles. The number of ether oxygens (including phenoxy) is 3. The van der Waals surface area contributed by atoms with Crippen LogP contribution in [0.25, 0.3) is 22.2 Å². The van der Waals surface area contributed by atoms with Gasteiger partial charge in [-0.3, -0.25) is 4.79 Å². The van der Waals surface area contributed by atoms with E-state index in [1.54, 1.807) is 26.4 Å². The van der Waals surface area contributed by atoms with Crippen molar-refractivity contribution in [3.05, 3.63) is 67.6 Å². The summed E-state index contributed by atoms with van der Waals surface area (Å²) in [6.07, 6.45) is 4.75. The van der Waals surface area contributed by atoms with Crippen LogP contribution in [0.3, 0.4) is 0 Å². The normalized spacial score (nSPS) is 10.7. The monoisotopic (exact) mass is 473 g/mol.